The topological polar surface area (TPSA) is 49.4 Å². The number of rotatable bonds is 2. The molecule has 4 aliphatic rings. The van der Waals surface area contributed by atoms with E-state index in [1.54, 1.807) is 0 Å². The Labute approximate surface area is 170 Å². The number of hydrogen-bond acceptors (Lipinski definition) is 6. The fraction of sp³-hybridized carbons (Fsp3) is 0.478. The maximum Gasteiger partial charge on any atom is 0.231 e. The maximum absolute atomic E-state index is 6.59. The van der Waals surface area contributed by atoms with Gasteiger partial charge in [-0.05, 0) is 36.6 Å². The van der Waals surface area contributed by atoms with E-state index in [-0.39, 0.29) is 31.6 Å². The van der Waals surface area contributed by atoms with Gasteiger partial charge in [-0.15, -0.1) is 0 Å². The molecular weight excluding hydrogens is 370 g/mol. The van der Waals surface area contributed by atoms with Gasteiger partial charge in [0.25, 0.3) is 0 Å². The Morgan fingerprint density at radius 2 is 1.45 bits per heavy atom. The molecule has 1 fully saturated rings. The van der Waals surface area contributed by atoms with Crippen molar-refractivity contribution in [3.8, 4) is 28.7 Å². The zero-order valence-corrected chi connectivity index (χ0v) is 16.6. The summed E-state index contributed by atoms with van der Waals surface area (Å²) in [5.74, 6) is 4.54. The first-order valence-electron chi connectivity index (χ1n) is 10.5. The minimum Gasteiger partial charge on any atom is -0.474 e. The first kappa shape index (κ1) is 17.3. The van der Waals surface area contributed by atoms with Gasteiger partial charge in [0, 0.05) is 36.6 Å². The van der Waals surface area contributed by atoms with Crippen molar-refractivity contribution in [2.45, 2.75) is 38.3 Å². The van der Waals surface area contributed by atoms with Gasteiger partial charge in [0.05, 0.1) is 0 Å². The minimum absolute atomic E-state index is 0.0404. The monoisotopic (exact) mass is 395 g/mol. The Kier molecular flexibility index (Phi) is 4.01. The van der Waals surface area contributed by atoms with E-state index in [0.717, 1.165) is 47.4 Å². The highest BCUT2D eigenvalue weighted by molar-refractivity contribution is 5.57. The van der Waals surface area contributed by atoms with Crippen molar-refractivity contribution in [1.29, 1.82) is 0 Å². The molecule has 4 heterocycles. The maximum atomic E-state index is 6.59. The molecule has 0 bridgehead atoms. The van der Waals surface area contributed by atoms with Gasteiger partial charge in [-0.3, -0.25) is 4.90 Å². The van der Waals surface area contributed by atoms with Gasteiger partial charge in [-0.25, -0.2) is 0 Å². The van der Waals surface area contributed by atoms with Crippen molar-refractivity contribution in [3.63, 3.8) is 0 Å². The zero-order valence-electron chi connectivity index (χ0n) is 16.6. The van der Waals surface area contributed by atoms with Crippen LogP contribution in [0.1, 0.15) is 43.2 Å². The number of benzene rings is 2. The van der Waals surface area contributed by atoms with E-state index < -0.39 is 0 Å². The Morgan fingerprint density at radius 3 is 2.24 bits per heavy atom. The van der Waals surface area contributed by atoms with Crippen LogP contribution in [0.25, 0.3) is 0 Å². The third-order valence-corrected chi connectivity index (χ3v) is 6.57. The van der Waals surface area contributed by atoms with Crippen molar-refractivity contribution >= 4 is 0 Å². The van der Waals surface area contributed by atoms with Crippen molar-refractivity contribution in [1.82, 2.24) is 4.90 Å². The van der Waals surface area contributed by atoms with Crippen LogP contribution in [0.5, 0.6) is 28.7 Å². The quantitative estimate of drug-likeness (QED) is 0.763. The second-order valence-electron chi connectivity index (χ2n) is 8.30. The SMILES string of the molecule is C[C@@H]1[C@@H](c2ccc3c(c2)OCO3)c2cc3c(cc2O[C@@H]1N1CCCCC1)OCO3. The molecule has 0 N–H and O–H groups in total. The molecule has 2 aromatic carbocycles. The molecule has 6 nitrogen and oxygen atoms in total. The molecule has 0 unspecified atom stereocenters. The molecule has 1 saturated heterocycles. The molecule has 29 heavy (non-hydrogen) atoms. The lowest BCUT2D eigenvalue weighted by molar-refractivity contribution is -0.0403. The van der Waals surface area contributed by atoms with E-state index >= 15 is 0 Å². The Hall–Kier alpha value is -2.60. The van der Waals surface area contributed by atoms with E-state index in [9.17, 15) is 0 Å². The molecule has 152 valence electrons. The third kappa shape index (κ3) is 2.81. The highest BCUT2D eigenvalue weighted by atomic mass is 16.7. The van der Waals surface area contributed by atoms with E-state index in [1.807, 2.05) is 12.1 Å². The van der Waals surface area contributed by atoms with Crippen molar-refractivity contribution < 1.29 is 23.7 Å². The summed E-state index contributed by atoms with van der Waals surface area (Å²) in [5, 5.41) is 0. The normalized spacial score (nSPS) is 27.4. The number of hydrogen-bond donors (Lipinski definition) is 0. The average Bonchev–Trinajstić information content (AvgIpc) is 3.41. The average molecular weight is 395 g/mol. The number of likely N-dealkylation sites (tertiary alicyclic amines) is 1. The van der Waals surface area contributed by atoms with Crippen molar-refractivity contribution in [2.75, 3.05) is 26.7 Å². The predicted molar refractivity (Wildman–Crippen MR) is 106 cm³/mol. The molecule has 0 aliphatic carbocycles. The molecular formula is C23H25NO5. The first-order valence-corrected chi connectivity index (χ1v) is 10.5. The van der Waals surface area contributed by atoms with Gasteiger partial charge in [0.1, 0.15) is 5.75 Å². The molecule has 0 aromatic heterocycles. The van der Waals surface area contributed by atoms with Gasteiger partial charge >= 0.3 is 0 Å². The fourth-order valence-electron chi connectivity index (χ4n) is 5.14. The molecule has 4 aliphatic heterocycles. The summed E-state index contributed by atoms with van der Waals surface area (Å²) in [7, 11) is 0. The van der Waals surface area contributed by atoms with Crippen LogP contribution < -0.4 is 23.7 Å². The predicted octanol–water partition coefficient (Wildman–Crippen LogP) is 4.12. The Balaban J connectivity index is 1.45. The van der Waals surface area contributed by atoms with E-state index in [0.29, 0.717) is 0 Å². The Bertz CT molecular complexity index is 939. The van der Waals surface area contributed by atoms with Crippen LogP contribution in [-0.2, 0) is 0 Å². The van der Waals surface area contributed by atoms with Crippen LogP contribution in [0.3, 0.4) is 0 Å². The standard InChI is InChI=1S/C23H25NO5/c1-14-22(15-5-6-17-19(9-15)26-12-25-17)16-10-20-21(28-13-27-20)11-18(16)29-23(14)24-7-3-2-4-8-24/h5-6,9-11,14,22-23H,2-4,7-8,12-13H2,1H3/t14-,22+,23+/m1/s1. The van der Waals surface area contributed by atoms with E-state index in [2.05, 4.69) is 30.0 Å². The molecule has 6 rings (SSSR count). The lowest BCUT2D eigenvalue weighted by Crippen LogP contribution is -2.50. The summed E-state index contributed by atoms with van der Waals surface area (Å²) >= 11 is 0. The number of fused-ring (bicyclic) bond motifs is 3. The smallest absolute Gasteiger partial charge is 0.231 e. The van der Waals surface area contributed by atoms with Gasteiger partial charge in [0.2, 0.25) is 13.6 Å². The van der Waals surface area contributed by atoms with Crippen LogP contribution in [0.2, 0.25) is 0 Å². The summed E-state index contributed by atoms with van der Waals surface area (Å²) < 4.78 is 29.1. The molecule has 3 atom stereocenters. The van der Waals surface area contributed by atoms with Gasteiger partial charge in [0.15, 0.2) is 29.2 Å². The lowest BCUT2D eigenvalue weighted by atomic mass is 9.77. The Morgan fingerprint density at radius 1 is 0.759 bits per heavy atom. The second-order valence-corrected chi connectivity index (χ2v) is 8.30. The van der Waals surface area contributed by atoms with Gasteiger partial charge in [-0.1, -0.05) is 19.4 Å². The molecule has 0 radical (unpaired) electrons. The number of ether oxygens (including phenoxy) is 5. The van der Waals surface area contributed by atoms with Crippen molar-refractivity contribution in [3.05, 3.63) is 41.5 Å². The first-order chi connectivity index (χ1) is 14.3. The summed E-state index contributed by atoms with van der Waals surface area (Å²) in [6, 6.07) is 10.4. The van der Waals surface area contributed by atoms with Crippen LogP contribution in [0.4, 0.5) is 0 Å². The fourth-order valence-corrected chi connectivity index (χ4v) is 5.14. The van der Waals surface area contributed by atoms with Crippen LogP contribution in [-0.4, -0.2) is 37.8 Å². The highest BCUT2D eigenvalue weighted by Gasteiger charge is 2.41. The lowest BCUT2D eigenvalue weighted by Gasteiger charge is -2.44. The summed E-state index contributed by atoms with van der Waals surface area (Å²) in [6.45, 7) is 5.01. The summed E-state index contributed by atoms with van der Waals surface area (Å²) in [5.41, 5.74) is 2.36. The van der Waals surface area contributed by atoms with Crippen LogP contribution >= 0.6 is 0 Å². The molecule has 0 amide bonds. The number of piperidine rings is 1. The van der Waals surface area contributed by atoms with Gasteiger partial charge in [-0.2, -0.15) is 0 Å². The van der Waals surface area contributed by atoms with Crippen molar-refractivity contribution in [2.24, 2.45) is 5.92 Å². The summed E-state index contributed by atoms with van der Waals surface area (Å²) in [4.78, 5) is 2.50. The molecule has 2 aromatic rings. The molecule has 0 spiro atoms. The number of nitrogens with zero attached hydrogens (tertiary/aromatic N) is 1. The van der Waals surface area contributed by atoms with Gasteiger partial charge < -0.3 is 23.7 Å². The van der Waals surface area contributed by atoms with Crippen LogP contribution in [0, 0.1) is 5.92 Å². The highest BCUT2D eigenvalue weighted by Crippen LogP contribution is 2.51. The largest absolute Gasteiger partial charge is 0.474 e. The van der Waals surface area contributed by atoms with E-state index in [1.165, 1.54) is 24.8 Å². The van der Waals surface area contributed by atoms with Crippen LogP contribution in [0.15, 0.2) is 30.3 Å². The zero-order chi connectivity index (χ0) is 19.4. The molecule has 0 saturated carbocycles. The summed E-state index contributed by atoms with van der Waals surface area (Å²) in [6.07, 6.45) is 3.81. The second kappa shape index (κ2) is 6.73. The third-order valence-electron chi connectivity index (χ3n) is 6.57. The van der Waals surface area contributed by atoms with E-state index in [4.69, 9.17) is 23.7 Å². The molecule has 6 heteroatoms. The minimum atomic E-state index is 0.0404.